The van der Waals surface area contributed by atoms with Crippen LogP contribution in [0, 0.1) is 5.92 Å². The maximum Gasteiger partial charge on any atom is 0.234 e. The number of aromatic nitrogens is 3. The quantitative estimate of drug-likeness (QED) is 0.666. The minimum Gasteiger partial charge on any atom is -0.341 e. The first-order valence-electron chi connectivity index (χ1n) is 11.0. The molecule has 1 aliphatic carbocycles. The molecule has 0 atom stereocenters. The summed E-state index contributed by atoms with van der Waals surface area (Å²) in [6, 6.07) is 8.61. The normalized spacial score (nSPS) is 17.9. The van der Waals surface area contributed by atoms with Gasteiger partial charge in [0, 0.05) is 24.8 Å². The van der Waals surface area contributed by atoms with Gasteiger partial charge in [-0.05, 0) is 54.7 Å². The molecule has 1 amide bonds. The van der Waals surface area contributed by atoms with Crippen LogP contribution < -0.4 is 10.2 Å². The van der Waals surface area contributed by atoms with E-state index in [0.29, 0.717) is 11.8 Å². The lowest BCUT2D eigenvalue weighted by Crippen LogP contribution is -2.34. The molecule has 2 heterocycles. The number of nitrogens with one attached hydrogen (secondary N) is 1. The second-order valence-electron chi connectivity index (χ2n) is 9.72. The highest BCUT2D eigenvalue weighted by Crippen LogP contribution is 2.41. The predicted octanol–water partition coefficient (Wildman–Crippen LogP) is 4.88. The second-order valence-corrected chi connectivity index (χ2v) is 10.7. The van der Waals surface area contributed by atoms with Gasteiger partial charge in [-0.25, -0.2) is 0 Å². The molecule has 2 fully saturated rings. The Labute approximate surface area is 183 Å². The fourth-order valence-electron chi connectivity index (χ4n) is 3.82. The van der Waals surface area contributed by atoms with Crippen molar-refractivity contribution in [2.24, 2.45) is 5.92 Å². The van der Waals surface area contributed by atoms with Gasteiger partial charge in [-0.1, -0.05) is 51.6 Å². The molecule has 1 N–H and O–H groups in total. The zero-order valence-electron chi connectivity index (χ0n) is 18.5. The number of hydrogen-bond donors (Lipinski definition) is 1. The topological polar surface area (TPSA) is 63.1 Å². The highest BCUT2D eigenvalue weighted by atomic mass is 32.2. The summed E-state index contributed by atoms with van der Waals surface area (Å²) in [4.78, 5) is 14.9. The molecular weight excluding hydrogens is 394 g/mol. The third-order valence-corrected chi connectivity index (χ3v) is 6.94. The first kappa shape index (κ1) is 21.2. The lowest BCUT2D eigenvalue weighted by molar-refractivity contribution is -0.113. The van der Waals surface area contributed by atoms with Gasteiger partial charge in [0.2, 0.25) is 11.9 Å². The Kier molecular flexibility index (Phi) is 6.09. The van der Waals surface area contributed by atoms with Gasteiger partial charge in [-0.15, -0.1) is 10.2 Å². The van der Waals surface area contributed by atoms with Gasteiger partial charge in [0.1, 0.15) is 0 Å². The maximum absolute atomic E-state index is 12.5. The van der Waals surface area contributed by atoms with Crippen LogP contribution in [0.25, 0.3) is 0 Å². The summed E-state index contributed by atoms with van der Waals surface area (Å²) >= 11 is 1.49. The van der Waals surface area contributed by atoms with Crippen LogP contribution >= 0.6 is 11.8 Å². The number of piperidine rings is 1. The number of anilines is 2. The summed E-state index contributed by atoms with van der Waals surface area (Å²) in [5.74, 6) is 2.10. The van der Waals surface area contributed by atoms with E-state index in [1.807, 2.05) is 12.1 Å². The summed E-state index contributed by atoms with van der Waals surface area (Å²) in [7, 11) is 0. The fourth-order valence-corrected chi connectivity index (χ4v) is 4.63. The molecular formula is C23H33N5OS. The van der Waals surface area contributed by atoms with Gasteiger partial charge >= 0.3 is 0 Å². The number of amides is 1. The van der Waals surface area contributed by atoms with Crippen molar-refractivity contribution in [1.29, 1.82) is 0 Å². The van der Waals surface area contributed by atoms with Gasteiger partial charge in [0.25, 0.3) is 0 Å². The summed E-state index contributed by atoms with van der Waals surface area (Å²) in [6.45, 7) is 11.0. The van der Waals surface area contributed by atoms with Crippen molar-refractivity contribution in [2.75, 3.05) is 29.1 Å². The molecule has 1 saturated heterocycles. The summed E-state index contributed by atoms with van der Waals surface area (Å²) < 4.78 is 2.27. The van der Waals surface area contributed by atoms with Gasteiger partial charge in [0.05, 0.1) is 5.75 Å². The molecule has 7 heteroatoms. The van der Waals surface area contributed by atoms with E-state index in [-0.39, 0.29) is 11.3 Å². The Morgan fingerprint density at radius 1 is 1.10 bits per heavy atom. The number of thioether (sulfide) groups is 1. The molecule has 1 aromatic heterocycles. The Balaban J connectivity index is 1.37. The molecule has 6 nitrogen and oxygen atoms in total. The van der Waals surface area contributed by atoms with Crippen molar-refractivity contribution in [3.8, 4) is 0 Å². The van der Waals surface area contributed by atoms with Gasteiger partial charge in [0.15, 0.2) is 5.16 Å². The van der Waals surface area contributed by atoms with Crippen LogP contribution in [0.3, 0.4) is 0 Å². The van der Waals surface area contributed by atoms with E-state index in [2.05, 4.69) is 64.8 Å². The van der Waals surface area contributed by atoms with Crippen LogP contribution in [0.5, 0.6) is 0 Å². The molecule has 2 aliphatic rings. The van der Waals surface area contributed by atoms with Crippen LogP contribution in [0.15, 0.2) is 29.4 Å². The summed E-state index contributed by atoms with van der Waals surface area (Å²) in [6.07, 6.45) is 4.76. The van der Waals surface area contributed by atoms with Gasteiger partial charge < -0.3 is 10.2 Å². The highest BCUT2D eigenvalue weighted by Gasteiger charge is 2.32. The standard InChI is InChI=1S/C23H33N5OS/c1-16-11-13-27(14-12-16)21-25-26-22(28(21)19-9-10-19)30-15-20(29)24-18-7-5-17(6-8-18)23(2,3)4/h5-8,16,19H,9-15H2,1-4H3,(H,24,29). The number of benzene rings is 1. The molecule has 1 aliphatic heterocycles. The van der Waals surface area contributed by atoms with Gasteiger partial charge in [-0.2, -0.15) is 0 Å². The van der Waals surface area contributed by atoms with Crippen molar-refractivity contribution >= 4 is 29.3 Å². The lowest BCUT2D eigenvalue weighted by Gasteiger charge is -2.31. The van der Waals surface area contributed by atoms with E-state index in [0.717, 1.165) is 35.8 Å². The molecule has 162 valence electrons. The minimum absolute atomic E-state index is 0.0118. The van der Waals surface area contributed by atoms with Crippen molar-refractivity contribution in [1.82, 2.24) is 14.8 Å². The van der Waals surface area contributed by atoms with Crippen molar-refractivity contribution in [2.45, 2.75) is 70.0 Å². The Morgan fingerprint density at radius 3 is 2.37 bits per heavy atom. The molecule has 2 aromatic rings. The van der Waals surface area contributed by atoms with Crippen LogP contribution in [0.2, 0.25) is 0 Å². The molecule has 4 rings (SSSR count). The molecule has 1 aromatic carbocycles. The smallest absolute Gasteiger partial charge is 0.234 e. The molecule has 0 radical (unpaired) electrons. The third-order valence-electron chi connectivity index (χ3n) is 5.99. The van der Waals surface area contributed by atoms with Crippen molar-refractivity contribution in [3.05, 3.63) is 29.8 Å². The predicted molar refractivity (Wildman–Crippen MR) is 123 cm³/mol. The summed E-state index contributed by atoms with van der Waals surface area (Å²) in [5, 5.41) is 12.8. The van der Waals surface area contributed by atoms with E-state index in [1.165, 1.54) is 43.0 Å². The fraction of sp³-hybridized carbons (Fsp3) is 0.609. The number of nitrogens with zero attached hydrogens (tertiary/aromatic N) is 4. The first-order valence-corrected chi connectivity index (χ1v) is 12.0. The molecule has 0 unspecified atom stereocenters. The van der Waals surface area contributed by atoms with Gasteiger partial charge in [-0.3, -0.25) is 9.36 Å². The zero-order valence-corrected chi connectivity index (χ0v) is 19.3. The number of rotatable bonds is 6. The van der Waals surface area contributed by atoms with E-state index in [1.54, 1.807) is 0 Å². The Bertz CT molecular complexity index is 874. The van der Waals surface area contributed by atoms with Crippen molar-refractivity contribution < 1.29 is 4.79 Å². The molecule has 1 saturated carbocycles. The molecule has 0 bridgehead atoms. The average molecular weight is 428 g/mol. The van der Waals surface area contributed by atoms with E-state index in [9.17, 15) is 4.79 Å². The zero-order chi connectivity index (χ0) is 21.3. The second kappa shape index (κ2) is 8.61. The highest BCUT2D eigenvalue weighted by molar-refractivity contribution is 7.99. The molecule has 30 heavy (non-hydrogen) atoms. The lowest BCUT2D eigenvalue weighted by atomic mass is 9.87. The number of carbonyl (C=O) groups excluding carboxylic acids is 1. The number of hydrogen-bond acceptors (Lipinski definition) is 5. The SMILES string of the molecule is CC1CCN(c2nnc(SCC(=O)Nc3ccc(C(C)(C)C)cc3)n2C2CC2)CC1. The van der Waals surface area contributed by atoms with E-state index in [4.69, 9.17) is 0 Å². The van der Waals surface area contributed by atoms with Crippen LogP contribution in [-0.4, -0.2) is 39.5 Å². The number of carbonyl (C=O) groups is 1. The Morgan fingerprint density at radius 2 is 1.77 bits per heavy atom. The van der Waals surface area contributed by atoms with Crippen LogP contribution in [0.1, 0.15) is 65.0 Å². The van der Waals surface area contributed by atoms with Crippen LogP contribution in [-0.2, 0) is 10.2 Å². The largest absolute Gasteiger partial charge is 0.341 e. The van der Waals surface area contributed by atoms with E-state index >= 15 is 0 Å². The monoisotopic (exact) mass is 427 g/mol. The summed E-state index contributed by atoms with van der Waals surface area (Å²) in [5.41, 5.74) is 2.20. The Hall–Kier alpha value is -2.02. The van der Waals surface area contributed by atoms with Crippen LogP contribution in [0.4, 0.5) is 11.6 Å². The minimum atomic E-state index is -0.0118. The van der Waals surface area contributed by atoms with Crippen molar-refractivity contribution in [3.63, 3.8) is 0 Å². The van der Waals surface area contributed by atoms with E-state index < -0.39 is 0 Å². The molecule has 0 spiro atoms. The average Bonchev–Trinajstić information content (AvgIpc) is 3.46. The maximum atomic E-state index is 12.5. The third kappa shape index (κ3) is 4.99. The first-order chi connectivity index (χ1) is 14.3.